The van der Waals surface area contributed by atoms with Crippen molar-refractivity contribution in [1.82, 2.24) is 5.32 Å². The predicted octanol–water partition coefficient (Wildman–Crippen LogP) is 2.49. The molecule has 5 heteroatoms. The third kappa shape index (κ3) is 7.51. The molecule has 0 aromatic rings. The highest BCUT2D eigenvalue weighted by molar-refractivity contribution is 6.27. The van der Waals surface area contributed by atoms with Crippen LogP contribution in [0.2, 0.25) is 0 Å². The van der Waals surface area contributed by atoms with Gasteiger partial charge in [-0.1, -0.05) is 0 Å². The van der Waals surface area contributed by atoms with Gasteiger partial charge in [0, 0.05) is 12.0 Å². The van der Waals surface area contributed by atoms with E-state index in [-0.39, 0.29) is 18.1 Å². The van der Waals surface area contributed by atoms with E-state index in [4.69, 9.17) is 16.3 Å². The van der Waals surface area contributed by atoms with Crippen molar-refractivity contribution in [2.75, 3.05) is 5.88 Å². The van der Waals surface area contributed by atoms with Crippen LogP contribution in [0.1, 0.15) is 41.0 Å². The number of hydrogen-bond donors (Lipinski definition) is 1. The number of rotatable bonds is 4. The lowest BCUT2D eigenvalue weighted by molar-refractivity contribution is -0.117. The van der Waals surface area contributed by atoms with Crippen molar-refractivity contribution < 1.29 is 14.3 Å². The molecule has 0 fully saturated rings. The van der Waals surface area contributed by atoms with E-state index in [1.165, 1.54) is 0 Å². The van der Waals surface area contributed by atoms with E-state index in [9.17, 15) is 9.59 Å². The van der Waals surface area contributed by atoms with Gasteiger partial charge in [0.05, 0.1) is 5.88 Å². The molecule has 0 rings (SSSR count). The normalized spacial score (nSPS) is 12.1. The quantitative estimate of drug-likeness (QED) is 0.779. The summed E-state index contributed by atoms with van der Waals surface area (Å²) < 4.78 is 5.09. The number of carbonyl (C=O) groups is 2. The minimum Gasteiger partial charge on any atom is -0.444 e. The minimum absolute atomic E-state index is 0.0422. The van der Waals surface area contributed by atoms with Crippen LogP contribution in [0.25, 0.3) is 0 Å². The van der Waals surface area contributed by atoms with Crippen molar-refractivity contribution in [1.29, 1.82) is 0 Å². The highest BCUT2D eigenvalue weighted by Crippen LogP contribution is 2.12. The van der Waals surface area contributed by atoms with Crippen molar-refractivity contribution in [3.63, 3.8) is 0 Å². The first-order valence-corrected chi connectivity index (χ1v) is 5.68. The standard InChI is InChI=1S/C11H20ClNO3/c1-10(2,3)16-9(15)13-11(4,5)6-8(14)7-12/h6-7H2,1-5H3,(H,13,15). The van der Waals surface area contributed by atoms with Crippen LogP contribution in [0.5, 0.6) is 0 Å². The number of alkyl carbamates (subject to hydrolysis) is 1. The van der Waals surface area contributed by atoms with Gasteiger partial charge in [0.2, 0.25) is 0 Å². The first-order chi connectivity index (χ1) is 7.06. The summed E-state index contributed by atoms with van der Waals surface area (Å²) in [7, 11) is 0. The lowest BCUT2D eigenvalue weighted by Crippen LogP contribution is -2.47. The molecule has 0 aliphatic rings. The van der Waals surface area contributed by atoms with E-state index in [2.05, 4.69) is 5.32 Å². The number of amides is 1. The van der Waals surface area contributed by atoms with E-state index in [1.54, 1.807) is 34.6 Å². The van der Waals surface area contributed by atoms with E-state index >= 15 is 0 Å². The van der Waals surface area contributed by atoms with E-state index in [1.807, 2.05) is 0 Å². The third-order valence-electron chi connectivity index (χ3n) is 1.63. The van der Waals surface area contributed by atoms with Gasteiger partial charge in [-0.15, -0.1) is 11.6 Å². The van der Waals surface area contributed by atoms with E-state index in [0.29, 0.717) is 0 Å². The van der Waals surface area contributed by atoms with Gasteiger partial charge in [-0.2, -0.15) is 0 Å². The SMILES string of the molecule is CC(C)(CC(=O)CCl)NC(=O)OC(C)(C)C. The van der Waals surface area contributed by atoms with E-state index < -0.39 is 17.2 Å². The fourth-order valence-electron chi connectivity index (χ4n) is 1.16. The lowest BCUT2D eigenvalue weighted by Gasteiger charge is -2.27. The van der Waals surface area contributed by atoms with Gasteiger partial charge in [-0.3, -0.25) is 4.79 Å². The summed E-state index contributed by atoms with van der Waals surface area (Å²) in [6.45, 7) is 8.85. The number of ether oxygens (including phenoxy) is 1. The molecule has 16 heavy (non-hydrogen) atoms. The monoisotopic (exact) mass is 249 g/mol. The molecule has 4 nitrogen and oxygen atoms in total. The zero-order valence-electron chi connectivity index (χ0n) is 10.5. The molecule has 1 N–H and O–H groups in total. The number of ketones is 1. The zero-order valence-corrected chi connectivity index (χ0v) is 11.3. The third-order valence-corrected chi connectivity index (χ3v) is 1.93. The molecule has 0 spiro atoms. The van der Waals surface area contributed by atoms with Gasteiger partial charge in [0.15, 0.2) is 0 Å². The fraction of sp³-hybridized carbons (Fsp3) is 0.818. The van der Waals surface area contributed by atoms with Gasteiger partial charge in [-0.25, -0.2) is 4.79 Å². The molecule has 0 aromatic heterocycles. The topological polar surface area (TPSA) is 55.4 Å². The van der Waals surface area contributed by atoms with Gasteiger partial charge < -0.3 is 10.1 Å². The number of alkyl halides is 1. The summed E-state index contributed by atoms with van der Waals surface area (Å²) in [4.78, 5) is 22.6. The Morgan fingerprint density at radius 2 is 1.69 bits per heavy atom. The Morgan fingerprint density at radius 1 is 1.19 bits per heavy atom. The summed E-state index contributed by atoms with van der Waals surface area (Å²) in [6, 6.07) is 0. The van der Waals surface area contributed by atoms with Crippen LogP contribution in [0.3, 0.4) is 0 Å². The minimum atomic E-state index is -0.645. The van der Waals surface area contributed by atoms with Gasteiger partial charge in [-0.05, 0) is 34.6 Å². The summed E-state index contributed by atoms with van der Waals surface area (Å²) in [5.74, 6) is -0.151. The Hall–Kier alpha value is -0.770. The molecule has 0 aliphatic heterocycles. The van der Waals surface area contributed by atoms with Gasteiger partial charge in [0.1, 0.15) is 11.4 Å². The maximum absolute atomic E-state index is 11.5. The van der Waals surface area contributed by atoms with Gasteiger partial charge in [0.25, 0.3) is 0 Å². The Labute approximate surface area is 102 Å². The second-order valence-electron chi connectivity index (χ2n) is 5.36. The Morgan fingerprint density at radius 3 is 2.06 bits per heavy atom. The predicted molar refractivity (Wildman–Crippen MR) is 63.8 cm³/mol. The van der Waals surface area contributed by atoms with Crippen LogP contribution in [0.15, 0.2) is 0 Å². The average Bonchev–Trinajstić information content (AvgIpc) is 1.97. The molecule has 0 heterocycles. The van der Waals surface area contributed by atoms with Crippen LogP contribution in [0.4, 0.5) is 4.79 Å². The Balaban J connectivity index is 4.26. The molecule has 0 aliphatic carbocycles. The highest BCUT2D eigenvalue weighted by atomic mass is 35.5. The zero-order chi connectivity index (χ0) is 13.0. The molecule has 0 saturated carbocycles. The largest absolute Gasteiger partial charge is 0.444 e. The molecule has 0 radical (unpaired) electrons. The molecule has 94 valence electrons. The summed E-state index contributed by atoms with van der Waals surface area (Å²) in [6.07, 6.45) is -0.338. The number of carbonyl (C=O) groups excluding carboxylic acids is 2. The van der Waals surface area contributed by atoms with Crippen molar-refractivity contribution in [2.24, 2.45) is 0 Å². The molecule has 0 aromatic carbocycles. The van der Waals surface area contributed by atoms with E-state index in [0.717, 1.165) is 0 Å². The summed E-state index contributed by atoms with van der Waals surface area (Å²) in [5, 5.41) is 2.64. The van der Waals surface area contributed by atoms with Crippen LogP contribution in [-0.2, 0) is 9.53 Å². The molecule has 0 bridgehead atoms. The summed E-state index contributed by atoms with van der Waals surface area (Å²) in [5.41, 5.74) is -1.19. The van der Waals surface area contributed by atoms with Crippen molar-refractivity contribution in [2.45, 2.75) is 52.2 Å². The number of halogens is 1. The summed E-state index contributed by atoms with van der Waals surface area (Å²) >= 11 is 5.41. The first kappa shape index (κ1) is 15.2. The second kappa shape index (κ2) is 5.53. The number of nitrogens with one attached hydrogen (secondary N) is 1. The maximum Gasteiger partial charge on any atom is 0.408 e. The van der Waals surface area contributed by atoms with Crippen molar-refractivity contribution in [3.05, 3.63) is 0 Å². The van der Waals surface area contributed by atoms with Crippen molar-refractivity contribution >= 4 is 23.5 Å². The van der Waals surface area contributed by atoms with Crippen LogP contribution < -0.4 is 5.32 Å². The Kier molecular flexibility index (Phi) is 5.26. The molecule has 0 atom stereocenters. The molecular weight excluding hydrogens is 230 g/mol. The average molecular weight is 250 g/mol. The van der Waals surface area contributed by atoms with Crippen LogP contribution >= 0.6 is 11.6 Å². The fourth-order valence-corrected chi connectivity index (χ4v) is 1.26. The molecule has 0 saturated heterocycles. The highest BCUT2D eigenvalue weighted by Gasteiger charge is 2.26. The molecular formula is C11H20ClNO3. The second-order valence-corrected chi connectivity index (χ2v) is 5.63. The van der Waals surface area contributed by atoms with Crippen molar-refractivity contribution in [3.8, 4) is 0 Å². The lowest BCUT2D eigenvalue weighted by atomic mass is 9.98. The first-order valence-electron chi connectivity index (χ1n) is 5.14. The maximum atomic E-state index is 11.5. The number of hydrogen-bond acceptors (Lipinski definition) is 3. The Bertz CT molecular complexity index is 269. The molecule has 1 amide bonds. The smallest absolute Gasteiger partial charge is 0.408 e. The van der Waals surface area contributed by atoms with Crippen LogP contribution in [0, 0.1) is 0 Å². The molecule has 0 unspecified atom stereocenters. The van der Waals surface area contributed by atoms with Gasteiger partial charge >= 0.3 is 6.09 Å². The van der Waals surface area contributed by atoms with Crippen LogP contribution in [-0.4, -0.2) is 28.9 Å². The number of Topliss-reactive ketones (excluding diaryl/α,β-unsaturated/α-hetero) is 1.